The summed E-state index contributed by atoms with van der Waals surface area (Å²) in [5.74, 6) is 0. The topological polar surface area (TPSA) is 106 Å². The van der Waals surface area contributed by atoms with Crippen LogP contribution in [0.5, 0.6) is 0 Å². The predicted octanol–water partition coefficient (Wildman–Crippen LogP) is -2.19. The highest BCUT2D eigenvalue weighted by molar-refractivity contribution is 6.55. The molecule has 0 aliphatic rings. The highest BCUT2D eigenvalue weighted by atomic mass is 28.3. The van der Waals surface area contributed by atoms with Gasteiger partial charge >= 0.3 is 0 Å². The molecule has 1 atom stereocenters. The molecule has 1 unspecified atom stereocenters. The first kappa shape index (κ1) is 19.2. The summed E-state index contributed by atoms with van der Waals surface area (Å²) in [7, 11) is -1.59. The highest BCUT2D eigenvalue weighted by Crippen LogP contribution is 2.29. The van der Waals surface area contributed by atoms with E-state index in [0.29, 0.717) is 39.5 Å². The SMILES string of the molecule is [CH2]C(OCCCN)C(C)([SiH2]OCCN)[SiH2]OCCN. The molecule has 0 heterocycles. The zero-order valence-electron chi connectivity index (χ0n) is 12.1. The Hall–Kier alpha value is 0.194. The number of rotatable bonds is 13. The van der Waals surface area contributed by atoms with Crippen LogP contribution < -0.4 is 17.2 Å². The maximum Gasteiger partial charge on any atom is 0.169 e. The second-order valence-corrected chi connectivity index (χ2v) is 10.5. The van der Waals surface area contributed by atoms with Crippen molar-refractivity contribution in [1.82, 2.24) is 0 Å². The fourth-order valence-corrected chi connectivity index (χ4v) is 4.88. The van der Waals surface area contributed by atoms with Gasteiger partial charge < -0.3 is 30.8 Å². The van der Waals surface area contributed by atoms with E-state index in [0.717, 1.165) is 6.42 Å². The van der Waals surface area contributed by atoms with Crippen LogP contribution in [0.3, 0.4) is 0 Å². The summed E-state index contributed by atoms with van der Waals surface area (Å²) < 4.78 is 17.1. The van der Waals surface area contributed by atoms with Crippen molar-refractivity contribution in [1.29, 1.82) is 0 Å². The van der Waals surface area contributed by atoms with Gasteiger partial charge in [0.25, 0.3) is 0 Å². The number of ether oxygens (including phenoxy) is 1. The van der Waals surface area contributed by atoms with Gasteiger partial charge in [0, 0.05) is 37.6 Å². The Morgan fingerprint density at radius 3 is 1.95 bits per heavy atom. The van der Waals surface area contributed by atoms with Crippen molar-refractivity contribution in [2.75, 3.05) is 39.5 Å². The molecule has 0 saturated carbocycles. The van der Waals surface area contributed by atoms with E-state index in [4.69, 9.17) is 30.8 Å². The molecule has 0 aromatic heterocycles. The van der Waals surface area contributed by atoms with Gasteiger partial charge in [-0.25, -0.2) is 0 Å². The summed E-state index contributed by atoms with van der Waals surface area (Å²) >= 11 is 0. The van der Waals surface area contributed by atoms with Crippen LogP contribution >= 0.6 is 0 Å². The van der Waals surface area contributed by atoms with Crippen molar-refractivity contribution in [3.8, 4) is 0 Å². The van der Waals surface area contributed by atoms with Crippen LogP contribution in [0.25, 0.3) is 0 Å². The Bertz CT molecular complexity index is 204. The Labute approximate surface area is 121 Å². The maximum atomic E-state index is 5.76. The first-order chi connectivity index (χ1) is 9.10. The lowest BCUT2D eigenvalue weighted by molar-refractivity contribution is 0.0640. The lowest BCUT2D eigenvalue weighted by Crippen LogP contribution is -2.40. The smallest absolute Gasteiger partial charge is 0.169 e. The minimum absolute atomic E-state index is 0.0427. The van der Waals surface area contributed by atoms with Gasteiger partial charge in [-0.2, -0.15) is 0 Å². The van der Waals surface area contributed by atoms with Gasteiger partial charge in [-0.15, -0.1) is 0 Å². The molecule has 0 aromatic rings. The molecule has 0 fully saturated rings. The molecule has 6 N–H and O–H groups in total. The molecule has 1 radical (unpaired) electrons. The van der Waals surface area contributed by atoms with Crippen LogP contribution in [0, 0.1) is 6.92 Å². The molecule has 0 rings (SSSR count). The third-order valence-corrected chi connectivity index (χ3v) is 7.27. The van der Waals surface area contributed by atoms with E-state index in [-0.39, 0.29) is 10.8 Å². The van der Waals surface area contributed by atoms with Crippen LogP contribution in [0.15, 0.2) is 0 Å². The Balaban J connectivity index is 4.26. The molecule has 8 heteroatoms. The van der Waals surface area contributed by atoms with E-state index >= 15 is 0 Å². The highest BCUT2D eigenvalue weighted by Gasteiger charge is 2.34. The van der Waals surface area contributed by atoms with Crippen molar-refractivity contribution in [2.45, 2.75) is 24.1 Å². The molecule has 0 aliphatic heterocycles. The zero-order chi connectivity index (χ0) is 14.6. The van der Waals surface area contributed by atoms with Gasteiger partial charge in [0.1, 0.15) is 0 Å². The second kappa shape index (κ2) is 12.0. The summed E-state index contributed by atoms with van der Waals surface area (Å²) in [4.78, 5) is 0. The van der Waals surface area contributed by atoms with E-state index in [1.165, 1.54) is 0 Å². The zero-order valence-corrected chi connectivity index (χ0v) is 14.9. The van der Waals surface area contributed by atoms with Crippen LogP contribution in [0.1, 0.15) is 13.3 Å². The first-order valence-electron chi connectivity index (χ1n) is 6.81. The molecule has 19 heavy (non-hydrogen) atoms. The molecule has 0 aliphatic carbocycles. The first-order valence-corrected chi connectivity index (χ1v) is 9.38. The molecule has 115 valence electrons. The summed E-state index contributed by atoms with van der Waals surface area (Å²) in [6, 6.07) is 0. The average molecular weight is 309 g/mol. The van der Waals surface area contributed by atoms with Crippen molar-refractivity contribution >= 4 is 19.5 Å². The van der Waals surface area contributed by atoms with Crippen LogP contribution in [-0.2, 0) is 13.6 Å². The average Bonchev–Trinajstić information content (AvgIpc) is 2.39. The van der Waals surface area contributed by atoms with E-state index < -0.39 is 19.5 Å². The molecule has 0 amide bonds. The van der Waals surface area contributed by atoms with Crippen LogP contribution in [-0.4, -0.2) is 65.1 Å². The van der Waals surface area contributed by atoms with Gasteiger partial charge in [0.15, 0.2) is 19.5 Å². The quantitative estimate of drug-likeness (QED) is 0.264. The van der Waals surface area contributed by atoms with Crippen molar-refractivity contribution in [3.63, 3.8) is 0 Å². The third kappa shape index (κ3) is 8.87. The van der Waals surface area contributed by atoms with Crippen molar-refractivity contribution < 1.29 is 13.6 Å². The Kier molecular flexibility index (Phi) is 12.1. The molecular formula is C11H30N3O3Si2. The fraction of sp³-hybridized carbons (Fsp3) is 0.909. The van der Waals surface area contributed by atoms with Crippen LogP contribution in [0.4, 0.5) is 0 Å². The number of nitrogens with two attached hydrogens (primary N) is 3. The minimum Gasteiger partial charge on any atom is -0.422 e. The molecule has 6 nitrogen and oxygen atoms in total. The predicted molar refractivity (Wildman–Crippen MR) is 84.2 cm³/mol. The van der Waals surface area contributed by atoms with Gasteiger partial charge in [0.2, 0.25) is 0 Å². The van der Waals surface area contributed by atoms with E-state index in [2.05, 4.69) is 13.8 Å². The van der Waals surface area contributed by atoms with Gasteiger partial charge in [-0.3, -0.25) is 0 Å². The summed E-state index contributed by atoms with van der Waals surface area (Å²) in [6.07, 6.45) is 0.742. The van der Waals surface area contributed by atoms with Crippen molar-refractivity contribution in [2.24, 2.45) is 17.2 Å². The van der Waals surface area contributed by atoms with Crippen molar-refractivity contribution in [3.05, 3.63) is 6.92 Å². The third-order valence-electron chi connectivity index (χ3n) is 2.83. The largest absolute Gasteiger partial charge is 0.422 e. The Morgan fingerprint density at radius 1 is 1.00 bits per heavy atom. The maximum absolute atomic E-state index is 5.76. The summed E-state index contributed by atoms with van der Waals surface area (Å²) in [5, 5.41) is 0. The normalized spacial score (nSPS) is 17.5. The van der Waals surface area contributed by atoms with Gasteiger partial charge in [-0.1, -0.05) is 6.92 Å². The summed E-state index contributed by atoms with van der Waals surface area (Å²) in [6.45, 7) is 9.83. The standard InChI is InChI=1S/C11H30N3O3Si2/c1-10(15-7-3-4-12)11(2,18-16-8-5-13)19-17-9-6-14/h10H,1,3-9,12-14,18-19H2,2H3. The monoisotopic (exact) mass is 308 g/mol. The van der Waals surface area contributed by atoms with E-state index in [1.807, 2.05) is 0 Å². The number of hydrogen-bond donors (Lipinski definition) is 3. The van der Waals surface area contributed by atoms with E-state index in [9.17, 15) is 0 Å². The lowest BCUT2D eigenvalue weighted by atomic mass is 10.3. The lowest BCUT2D eigenvalue weighted by Gasteiger charge is -2.34. The van der Waals surface area contributed by atoms with E-state index in [1.54, 1.807) is 0 Å². The minimum atomic E-state index is -0.795. The molecule has 0 spiro atoms. The molecule has 0 aromatic carbocycles. The Morgan fingerprint density at radius 2 is 1.53 bits per heavy atom. The number of hydrogen-bond acceptors (Lipinski definition) is 6. The fourth-order valence-electron chi connectivity index (χ4n) is 1.51. The second-order valence-electron chi connectivity index (χ2n) is 4.84. The molecule has 0 bridgehead atoms. The molecule has 0 saturated heterocycles. The molecular weight excluding hydrogens is 278 g/mol. The van der Waals surface area contributed by atoms with Gasteiger partial charge in [0.05, 0.1) is 6.10 Å². The summed E-state index contributed by atoms with van der Waals surface area (Å²) in [5.41, 5.74) is 16.4. The van der Waals surface area contributed by atoms with Gasteiger partial charge in [-0.05, 0) is 19.9 Å². The van der Waals surface area contributed by atoms with Crippen LogP contribution in [0.2, 0.25) is 4.66 Å².